The van der Waals surface area contributed by atoms with Gasteiger partial charge < -0.3 is 10.2 Å². The van der Waals surface area contributed by atoms with E-state index >= 15 is 0 Å². The van der Waals surface area contributed by atoms with Crippen molar-refractivity contribution in [2.45, 2.75) is 25.7 Å². The van der Waals surface area contributed by atoms with Gasteiger partial charge in [0, 0.05) is 13.1 Å². The Morgan fingerprint density at radius 2 is 1.11 bits per heavy atom. The molecular weight excluding hydrogens is 533 g/mol. The molecule has 0 spiro atoms. The first kappa shape index (κ1) is 26.4. The van der Waals surface area contributed by atoms with Crippen molar-refractivity contribution in [1.29, 1.82) is 0 Å². The quantitative estimate of drug-likeness (QED) is 0.229. The Balaban J connectivity index is 1.21. The predicted molar refractivity (Wildman–Crippen MR) is 154 cm³/mol. The van der Waals surface area contributed by atoms with Crippen molar-refractivity contribution < 1.29 is 19.8 Å². The van der Waals surface area contributed by atoms with Crippen molar-refractivity contribution in [2.24, 2.45) is 0 Å². The second-order valence-electron chi connectivity index (χ2n) is 8.27. The average Bonchev–Trinajstić information content (AvgIpc) is 3.24. The van der Waals surface area contributed by atoms with Crippen LogP contribution in [0.25, 0.3) is 12.2 Å². The van der Waals surface area contributed by atoms with E-state index in [1.54, 1.807) is 58.4 Å². The minimum Gasteiger partial charge on any atom is -0.508 e. The van der Waals surface area contributed by atoms with Gasteiger partial charge >= 0.3 is 0 Å². The fourth-order valence-corrected chi connectivity index (χ4v) is 6.43. The Kier molecular flexibility index (Phi) is 8.84. The van der Waals surface area contributed by atoms with Crippen LogP contribution in [0.5, 0.6) is 11.5 Å². The Morgan fingerprint density at radius 3 is 1.50 bits per heavy atom. The molecule has 6 nitrogen and oxygen atoms in total. The Hall–Kier alpha value is -2.66. The molecule has 2 amide bonds. The number of carbonyl (C=O) groups excluding carboxylic acids is 2. The number of nitrogens with zero attached hydrogens (tertiary/aromatic N) is 2. The first-order valence-electron chi connectivity index (χ1n) is 11.4. The van der Waals surface area contributed by atoms with Gasteiger partial charge in [0.15, 0.2) is 0 Å². The number of hydrogen-bond donors (Lipinski definition) is 2. The summed E-state index contributed by atoms with van der Waals surface area (Å²) in [7, 11) is 0. The van der Waals surface area contributed by atoms with Gasteiger partial charge in [-0.05, 0) is 60.4 Å². The Bertz CT molecular complexity index is 1180. The summed E-state index contributed by atoms with van der Waals surface area (Å²) in [6.07, 6.45) is 6.91. The lowest BCUT2D eigenvalue weighted by atomic mass is 10.1. The number of carbonyl (C=O) groups is 2. The van der Waals surface area contributed by atoms with Crippen LogP contribution >= 0.6 is 48.0 Å². The van der Waals surface area contributed by atoms with Crippen LogP contribution in [0.2, 0.25) is 0 Å². The third-order valence-electron chi connectivity index (χ3n) is 5.60. The highest BCUT2D eigenvalue weighted by atomic mass is 32.2. The zero-order chi connectivity index (χ0) is 25.7. The molecule has 36 heavy (non-hydrogen) atoms. The lowest BCUT2D eigenvalue weighted by Gasteiger charge is -2.15. The summed E-state index contributed by atoms with van der Waals surface area (Å²) >= 11 is 13.4. The van der Waals surface area contributed by atoms with Crippen LogP contribution in [0.1, 0.15) is 36.8 Å². The average molecular weight is 557 g/mol. The molecule has 2 saturated heterocycles. The summed E-state index contributed by atoms with van der Waals surface area (Å²) in [5, 5.41) is 19.3. The van der Waals surface area contributed by atoms with Gasteiger partial charge in [0.05, 0.1) is 9.81 Å². The number of phenols is 2. The largest absolute Gasteiger partial charge is 0.508 e. The highest BCUT2D eigenvalue weighted by molar-refractivity contribution is 8.27. The highest BCUT2D eigenvalue weighted by Crippen LogP contribution is 2.34. The third kappa shape index (κ3) is 6.56. The maximum absolute atomic E-state index is 12.8. The summed E-state index contributed by atoms with van der Waals surface area (Å²) in [6.45, 7) is 1.10. The first-order valence-corrected chi connectivity index (χ1v) is 13.9. The van der Waals surface area contributed by atoms with Crippen LogP contribution in [-0.2, 0) is 9.59 Å². The molecular formula is C26H24N2O4S4. The molecule has 2 aliphatic rings. The van der Waals surface area contributed by atoms with E-state index in [9.17, 15) is 19.8 Å². The second-order valence-corrected chi connectivity index (χ2v) is 11.6. The zero-order valence-corrected chi connectivity index (χ0v) is 22.5. The Labute approximate surface area is 229 Å². The van der Waals surface area contributed by atoms with Gasteiger partial charge in [0.1, 0.15) is 20.1 Å². The van der Waals surface area contributed by atoms with Crippen molar-refractivity contribution in [3.05, 3.63) is 69.5 Å². The van der Waals surface area contributed by atoms with Gasteiger partial charge in [-0.2, -0.15) is 0 Å². The minimum atomic E-state index is -0.107. The summed E-state index contributed by atoms with van der Waals surface area (Å²) in [5.74, 6) is 0.0877. The number of amides is 2. The normalized spacial score (nSPS) is 18.3. The standard InChI is InChI=1S/C26H24N2O4S4/c29-19-9-5-7-17(13-19)15-21-23(31)27(25(33)35-21)11-3-1-2-4-12-28-24(32)22(36-26(28)34)16-18-8-6-10-20(30)14-18/h5-10,13-16,29-30H,1-4,11-12H2. The van der Waals surface area contributed by atoms with Crippen molar-refractivity contribution >= 4 is 80.6 Å². The van der Waals surface area contributed by atoms with Crippen LogP contribution in [0.3, 0.4) is 0 Å². The molecule has 0 aromatic heterocycles. The smallest absolute Gasteiger partial charge is 0.266 e. The molecule has 10 heteroatoms. The molecule has 0 radical (unpaired) electrons. The zero-order valence-electron chi connectivity index (χ0n) is 19.3. The summed E-state index contributed by atoms with van der Waals surface area (Å²) in [4.78, 5) is 29.9. The van der Waals surface area contributed by atoms with Gasteiger partial charge in [0.2, 0.25) is 0 Å². The fourth-order valence-electron chi connectivity index (χ4n) is 3.81. The van der Waals surface area contributed by atoms with Crippen LogP contribution in [0.15, 0.2) is 58.3 Å². The van der Waals surface area contributed by atoms with Gasteiger partial charge in [0.25, 0.3) is 11.8 Å². The molecule has 0 unspecified atom stereocenters. The molecule has 2 aromatic carbocycles. The summed E-state index contributed by atoms with van der Waals surface area (Å²) in [6, 6.07) is 13.5. The third-order valence-corrected chi connectivity index (χ3v) is 8.35. The Morgan fingerprint density at radius 1 is 0.694 bits per heavy atom. The van der Waals surface area contributed by atoms with Crippen molar-refractivity contribution in [1.82, 2.24) is 9.80 Å². The van der Waals surface area contributed by atoms with E-state index in [0.717, 1.165) is 36.8 Å². The molecule has 2 aromatic rings. The molecule has 2 fully saturated rings. The molecule has 0 saturated carbocycles. The lowest BCUT2D eigenvalue weighted by molar-refractivity contribution is -0.123. The van der Waals surface area contributed by atoms with E-state index in [4.69, 9.17) is 24.4 Å². The van der Waals surface area contributed by atoms with Crippen molar-refractivity contribution in [2.75, 3.05) is 13.1 Å². The maximum atomic E-state index is 12.8. The number of thiocarbonyl (C=S) groups is 2. The van der Waals surface area contributed by atoms with E-state index in [1.165, 1.54) is 23.5 Å². The van der Waals surface area contributed by atoms with Gasteiger partial charge in [-0.1, -0.05) is 85.1 Å². The van der Waals surface area contributed by atoms with E-state index in [1.807, 2.05) is 12.1 Å². The monoisotopic (exact) mass is 556 g/mol. The van der Waals surface area contributed by atoms with Gasteiger partial charge in [-0.15, -0.1) is 0 Å². The summed E-state index contributed by atoms with van der Waals surface area (Å²) in [5.41, 5.74) is 1.51. The SMILES string of the molecule is O=C1C(=Cc2cccc(O)c2)SC(=S)N1CCCCCCN1C(=O)C(=Cc2cccc(O)c2)SC1=S. The highest BCUT2D eigenvalue weighted by Gasteiger charge is 2.32. The van der Waals surface area contributed by atoms with Crippen molar-refractivity contribution in [3.8, 4) is 11.5 Å². The molecule has 0 aliphatic carbocycles. The van der Waals surface area contributed by atoms with E-state index in [0.29, 0.717) is 31.5 Å². The summed E-state index contributed by atoms with van der Waals surface area (Å²) < 4.78 is 1.09. The number of unbranched alkanes of at least 4 members (excludes halogenated alkanes) is 3. The minimum absolute atomic E-state index is 0.107. The van der Waals surface area contributed by atoms with Gasteiger partial charge in [-0.25, -0.2) is 0 Å². The molecule has 0 bridgehead atoms. The van der Waals surface area contributed by atoms with Crippen LogP contribution < -0.4 is 0 Å². The lowest BCUT2D eigenvalue weighted by Crippen LogP contribution is -2.29. The molecule has 2 N–H and O–H groups in total. The van der Waals surface area contributed by atoms with Crippen LogP contribution in [-0.4, -0.2) is 53.6 Å². The number of thioether (sulfide) groups is 2. The maximum Gasteiger partial charge on any atom is 0.266 e. The van der Waals surface area contributed by atoms with Crippen molar-refractivity contribution in [3.63, 3.8) is 0 Å². The molecule has 2 heterocycles. The number of rotatable bonds is 9. The number of benzene rings is 2. The molecule has 4 rings (SSSR count). The topological polar surface area (TPSA) is 81.1 Å². The van der Waals surface area contributed by atoms with Crippen LogP contribution in [0, 0.1) is 0 Å². The number of aromatic hydroxyl groups is 2. The van der Waals surface area contributed by atoms with E-state index in [2.05, 4.69) is 0 Å². The van der Waals surface area contributed by atoms with Crippen LogP contribution in [0.4, 0.5) is 0 Å². The van der Waals surface area contributed by atoms with Gasteiger partial charge in [-0.3, -0.25) is 19.4 Å². The molecule has 186 valence electrons. The predicted octanol–water partition coefficient (Wildman–Crippen LogP) is 5.76. The van der Waals surface area contributed by atoms with E-state index in [-0.39, 0.29) is 23.3 Å². The second kappa shape index (κ2) is 12.1. The molecule has 0 atom stereocenters. The molecule has 2 aliphatic heterocycles. The number of hydrogen-bond acceptors (Lipinski definition) is 8. The van der Waals surface area contributed by atoms with E-state index < -0.39 is 0 Å². The number of phenolic OH excluding ortho intramolecular Hbond substituents is 2. The first-order chi connectivity index (χ1) is 17.3. The fraction of sp³-hybridized carbons (Fsp3) is 0.231.